The van der Waals surface area contributed by atoms with E-state index in [1.807, 2.05) is 24.4 Å². The van der Waals surface area contributed by atoms with Crippen LogP contribution in [0.1, 0.15) is 78.9 Å². The number of rotatable bonds is 10. The standard InChI is InChI=1S/C41H50N10O4/c1-27-34-26-43-41(46-38(34)51(30-7-3-4-8-30)40(55)37(27)28(2)52)44-35-12-10-32(25-42-35)50-22-18-48(19-23-50)15-14-47-16-20-49(21-17-47)31-9-5-6-29(24-31)33-11-13-36(53)45-39(33)54/h5-6,9-10,12,24-26,30,33H,3-4,7-8,11,13-23H2,1-2H3,(H,45,53,54)(H,42,43,44,46). The van der Waals surface area contributed by atoms with Crippen LogP contribution in [0.5, 0.6) is 0 Å². The number of benzene rings is 1. The summed E-state index contributed by atoms with van der Waals surface area (Å²) in [7, 11) is 0. The minimum Gasteiger partial charge on any atom is -0.369 e. The number of aromatic nitrogens is 4. The van der Waals surface area contributed by atoms with Gasteiger partial charge in [0.15, 0.2) is 5.78 Å². The molecule has 1 saturated carbocycles. The molecule has 3 aromatic heterocycles. The number of amides is 2. The molecule has 2 N–H and O–H groups in total. The number of carbonyl (C=O) groups excluding carboxylic acids is 3. The van der Waals surface area contributed by atoms with E-state index >= 15 is 0 Å². The molecule has 1 aliphatic carbocycles. The number of aryl methyl sites for hydroxylation is 1. The number of Topliss-reactive ketones (excluding diaryl/α,β-unsaturated/α-hetero) is 1. The van der Waals surface area contributed by atoms with E-state index in [4.69, 9.17) is 4.98 Å². The Morgan fingerprint density at radius 3 is 2.16 bits per heavy atom. The van der Waals surface area contributed by atoms with Crippen molar-refractivity contribution in [1.29, 1.82) is 0 Å². The van der Waals surface area contributed by atoms with E-state index in [0.29, 0.717) is 35.8 Å². The summed E-state index contributed by atoms with van der Waals surface area (Å²) in [5, 5.41) is 6.44. The highest BCUT2D eigenvalue weighted by Gasteiger charge is 2.29. The van der Waals surface area contributed by atoms with Gasteiger partial charge in [-0.3, -0.25) is 38.9 Å². The summed E-state index contributed by atoms with van der Waals surface area (Å²) < 4.78 is 1.73. The second kappa shape index (κ2) is 15.9. The molecule has 55 heavy (non-hydrogen) atoms. The smallest absolute Gasteiger partial charge is 0.263 e. The van der Waals surface area contributed by atoms with Gasteiger partial charge in [0.2, 0.25) is 17.8 Å². The molecular weight excluding hydrogens is 697 g/mol. The van der Waals surface area contributed by atoms with Gasteiger partial charge in [0.05, 0.1) is 23.4 Å². The molecule has 4 aromatic rings. The highest BCUT2D eigenvalue weighted by atomic mass is 16.2. The first-order valence-corrected chi connectivity index (χ1v) is 19.8. The second-order valence-electron chi connectivity index (χ2n) is 15.4. The summed E-state index contributed by atoms with van der Waals surface area (Å²) in [5.41, 5.74) is 4.35. The van der Waals surface area contributed by atoms with Crippen LogP contribution in [0.2, 0.25) is 0 Å². The number of fused-ring (bicyclic) bond motifs is 1. The molecule has 0 bridgehead atoms. The molecule has 2 amide bonds. The first kappa shape index (κ1) is 36.8. The minimum atomic E-state index is -0.261. The molecule has 4 fully saturated rings. The lowest BCUT2D eigenvalue weighted by Gasteiger charge is -2.39. The molecule has 288 valence electrons. The number of hydrogen-bond acceptors (Lipinski definition) is 12. The summed E-state index contributed by atoms with van der Waals surface area (Å²) >= 11 is 0. The summed E-state index contributed by atoms with van der Waals surface area (Å²) in [6.07, 6.45) is 8.44. The van der Waals surface area contributed by atoms with Crippen molar-refractivity contribution in [2.45, 2.75) is 64.3 Å². The lowest BCUT2D eigenvalue weighted by Crippen LogP contribution is -2.51. The number of hydrogen-bond donors (Lipinski definition) is 2. The third-order valence-corrected chi connectivity index (χ3v) is 12.0. The first-order valence-electron chi connectivity index (χ1n) is 19.8. The second-order valence-corrected chi connectivity index (χ2v) is 15.4. The first-order chi connectivity index (χ1) is 26.7. The number of piperidine rings is 1. The van der Waals surface area contributed by atoms with Crippen molar-refractivity contribution in [3.63, 3.8) is 0 Å². The van der Waals surface area contributed by atoms with Crippen LogP contribution in [0.25, 0.3) is 11.0 Å². The van der Waals surface area contributed by atoms with Gasteiger partial charge in [-0.2, -0.15) is 4.98 Å². The Bertz CT molecular complexity index is 2130. The molecule has 6 heterocycles. The lowest BCUT2D eigenvalue weighted by molar-refractivity contribution is -0.134. The monoisotopic (exact) mass is 746 g/mol. The van der Waals surface area contributed by atoms with Gasteiger partial charge in [0.1, 0.15) is 11.5 Å². The number of piperazine rings is 2. The third kappa shape index (κ3) is 7.83. The van der Waals surface area contributed by atoms with Crippen LogP contribution in [0.15, 0.2) is 53.6 Å². The molecule has 1 atom stereocenters. The van der Waals surface area contributed by atoms with E-state index in [2.05, 4.69) is 58.4 Å². The van der Waals surface area contributed by atoms with Crippen LogP contribution < -0.4 is 26.0 Å². The number of nitrogens with zero attached hydrogens (tertiary/aromatic N) is 8. The van der Waals surface area contributed by atoms with Crippen LogP contribution >= 0.6 is 0 Å². The van der Waals surface area contributed by atoms with E-state index in [1.165, 1.54) is 6.92 Å². The minimum absolute atomic E-state index is 0.0234. The highest BCUT2D eigenvalue weighted by Crippen LogP contribution is 2.32. The van der Waals surface area contributed by atoms with Crippen molar-refractivity contribution < 1.29 is 14.4 Å². The van der Waals surface area contributed by atoms with Crippen LogP contribution in [0.3, 0.4) is 0 Å². The highest BCUT2D eigenvalue weighted by molar-refractivity contribution is 6.01. The Kier molecular flexibility index (Phi) is 10.6. The number of nitrogens with one attached hydrogen (secondary N) is 2. The Morgan fingerprint density at radius 1 is 0.836 bits per heavy atom. The van der Waals surface area contributed by atoms with Gasteiger partial charge in [0.25, 0.3) is 5.56 Å². The largest absolute Gasteiger partial charge is 0.369 e. The number of imide groups is 1. The zero-order chi connectivity index (χ0) is 38.1. The normalized spacial score (nSPS) is 20.3. The van der Waals surface area contributed by atoms with E-state index in [1.54, 1.807) is 17.7 Å². The predicted molar refractivity (Wildman–Crippen MR) is 212 cm³/mol. The molecular formula is C41H50N10O4. The summed E-state index contributed by atoms with van der Waals surface area (Å²) in [4.78, 5) is 73.9. The Morgan fingerprint density at radius 2 is 1.53 bits per heavy atom. The number of anilines is 4. The van der Waals surface area contributed by atoms with E-state index < -0.39 is 0 Å². The molecule has 3 saturated heterocycles. The van der Waals surface area contributed by atoms with Gasteiger partial charge in [-0.15, -0.1) is 0 Å². The van der Waals surface area contributed by atoms with Gasteiger partial charge >= 0.3 is 0 Å². The van der Waals surface area contributed by atoms with Crippen LogP contribution in [-0.2, 0) is 9.59 Å². The van der Waals surface area contributed by atoms with Gasteiger partial charge in [-0.05, 0) is 68.5 Å². The Balaban J connectivity index is 0.818. The molecule has 3 aliphatic heterocycles. The maximum absolute atomic E-state index is 13.6. The van der Waals surface area contributed by atoms with Crippen LogP contribution in [0.4, 0.5) is 23.1 Å². The zero-order valence-corrected chi connectivity index (χ0v) is 31.8. The lowest BCUT2D eigenvalue weighted by atomic mass is 9.90. The molecule has 8 rings (SSSR count). The van der Waals surface area contributed by atoms with E-state index in [0.717, 1.165) is 113 Å². The fourth-order valence-electron chi connectivity index (χ4n) is 8.76. The molecule has 1 unspecified atom stereocenters. The van der Waals surface area contributed by atoms with Crippen molar-refractivity contribution in [2.24, 2.45) is 0 Å². The topological polar surface area (TPSA) is 149 Å². The third-order valence-electron chi connectivity index (χ3n) is 12.0. The molecule has 14 heteroatoms. The maximum Gasteiger partial charge on any atom is 0.263 e. The molecule has 4 aliphatic rings. The quantitative estimate of drug-likeness (QED) is 0.178. The van der Waals surface area contributed by atoms with E-state index in [-0.39, 0.29) is 40.7 Å². The van der Waals surface area contributed by atoms with Crippen LogP contribution in [-0.4, -0.2) is 112 Å². The van der Waals surface area contributed by atoms with Crippen molar-refractivity contribution >= 4 is 51.8 Å². The van der Waals surface area contributed by atoms with Gasteiger partial charge < -0.3 is 15.1 Å². The summed E-state index contributed by atoms with van der Waals surface area (Å²) in [6.45, 7) is 13.1. The zero-order valence-electron chi connectivity index (χ0n) is 31.8. The van der Waals surface area contributed by atoms with Crippen molar-refractivity contribution in [2.75, 3.05) is 80.6 Å². The number of carbonyl (C=O) groups is 3. The fraction of sp³-hybridized carbons (Fsp3) is 0.488. The van der Waals surface area contributed by atoms with Gasteiger partial charge in [-0.1, -0.05) is 25.0 Å². The van der Waals surface area contributed by atoms with Crippen molar-refractivity contribution in [3.05, 3.63) is 75.8 Å². The SMILES string of the molecule is CC(=O)c1c(C)c2cnc(Nc3ccc(N4CCN(CCN5CCN(c6cccc(C7CCC(=O)NC7=O)c6)CC5)CC4)cn3)nc2n(C2CCCC2)c1=O. The number of ketones is 1. The van der Waals surface area contributed by atoms with Crippen molar-refractivity contribution in [1.82, 2.24) is 34.6 Å². The van der Waals surface area contributed by atoms with Gasteiger partial charge in [0, 0.05) is 95.2 Å². The average molecular weight is 747 g/mol. The van der Waals surface area contributed by atoms with E-state index in [9.17, 15) is 19.2 Å². The molecule has 0 spiro atoms. The summed E-state index contributed by atoms with van der Waals surface area (Å²) in [5.74, 6) is 0.120. The maximum atomic E-state index is 13.6. The Hall–Kier alpha value is -5.21. The fourth-order valence-corrected chi connectivity index (χ4v) is 8.76. The van der Waals surface area contributed by atoms with Gasteiger partial charge in [-0.25, -0.2) is 9.97 Å². The van der Waals surface area contributed by atoms with Crippen LogP contribution in [0, 0.1) is 6.92 Å². The number of pyridine rings is 2. The molecule has 0 radical (unpaired) electrons. The Labute approximate surface area is 320 Å². The average Bonchev–Trinajstić information content (AvgIpc) is 3.72. The predicted octanol–water partition coefficient (Wildman–Crippen LogP) is 4.02. The summed E-state index contributed by atoms with van der Waals surface area (Å²) in [6, 6.07) is 12.3. The molecule has 1 aromatic carbocycles. The molecule has 14 nitrogen and oxygen atoms in total. The van der Waals surface area contributed by atoms with Crippen molar-refractivity contribution in [3.8, 4) is 0 Å².